The van der Waals surface area contributed by atoms with Crippen LogP contribution in [0.15, 0.2) is 30.5 Å². The molecular formula is C21H29ClN4O. The molecule has 1 fully saturated rings. The van der Waals surface area contributed by atoms with Gasteiger partial charge in [0.25, 0.3) is 0 Å². The number of aromatic nitrogens is 2. The summed E-state index contributed by atoms with van der Waals surface area (Å²) in [5, 5.41) is 0.242. The summed E-state index contributed by atoms with van der Waals surface area (Å²) in [6, 6.07) is 8.67. The lowest BCUT2D eigenvalue weighted by molar-refractivity contribution is 0.0246. The lowest BCUT2D eigenvalue weighted by Gasteiger charge is -2.45. The maximum Gasteiger partial charge on any atom is 0.222 e. The molecule has 2 aromatic rings. The third-order valence-electron chi connectivity index (χ3n) is 5.27. The van der Waals surface area contributed by atoms with Crippen LogP contribution in [-0.4, -0.2) is 58.1 Å². The summed E-state index contributed by atoms with van der Waals surface area (Å²) in [6.07, 6.45) is 1.67. The molecule has 6 heteroatoms. The third kappa shape index (κ3) is 4.78. The lowest BCUT2D eigenvalue weighted by Crippen LogP contribution is -2.56. The van der Waals surface area contributed by atoms with Crippen LogP contribution in [0.3, 0.4) is 0 Å². The average molecular weight is 389 g/mol. The largest absolute Gasteiger partial charge is 0.496 e. The first-order chi connectivity index (χ1) is 12.8. The van der Waals surface area contributed by atoms with E-state index in [0.717, 1.165) is 43.2 Å². The monoisotopic (exact) mass is 388 g/mol. The Labute approximate surface area is 167 Å². The number of rotatable bonds is 4. The zero-order valence-corrected chi connectivity index (χ0v) is 17.6. The molecule has 1 atom stereocenters. The van der Waals surface area contributed by atoms with Crippen molar-refractivity contribution in [2.75, 3.05) is 26.7 Å². The minimum absolute atomic E-state index is 0.222. The van der Waals surface area contributed by atoms with Crippen molar-refractivity contribution in [2.24, 2.45) is 0 Å². The second-order valence-corrected chi connectivity index (χ2v) is 8.52. The van der Waals surface area contributed by atoms with Gasteiger partial charge in [-0.25, -0.2) is 9.97 Å². The van der Waals surface area contributed by atoms with Crippen LogP contribution in [0.5, 0.6) is 5.75 Å². The van der Waals surface area contributed by atoms with Crippen LogP contribution in [0.2, 0.25) is 5.28 Å². The van der Waals surface area contributed by atoms with Gasteiger partial charge >= 0.3 is 0 Å². The molecule has 27 heavy (non-hydrogen) atoms. The maximum absolute atomic E-state index is 5.98. The summed E-state index contributed by atoms with van der Waals surface area (Å²) < 4.78 is 5.53. The van der Waals surface area contributed by atoms with Crippen LogP contribution >= 0.6 is 11.6 Å². The quantitative estimate of drug-likeness (QED) is 0.737. The summed E-state index contributed by atoms with van der Waals surface area (Å²) in [4.78, 5) is 13.4. The molecule has 0 bridgehead atoms. The Balaban J connectivity index is 1.79. The zero-order valence-electron chi connectivity index (χ0n) is 16.9. The van der Waals surface area contributed by atoms with Crippen molar-refractivity contribution in [1.29, 1.82) is 0 Å². The van der Waals surface area contributed by atoms with E-state index < -0.39 is 0 Å². The van der Waals surface area contributed by atoms with Crippen molar-refractivity contribution >= 4 is 11.6 Å². The first-order valence-corrected chi connectivity index (χ1v) is 9.80. The van der Waals surface area contributed by atoms with E-state index in [4.69, 9.17) is 16.3 Å². The summed E-state index contributed by atoms with van der Waals surface area (Å²) in [5.41, 5.74) is 3.19. The Morgan fingerprint density at radius 2 is 2.00 bits per heavy atom. The fraction of sp³-hybridized carbons (Fsp3) is 0.524. The van der Waals surface area contributed by atoms with Gasteiger partial charge in [-0.1, -0.05) is 6.07 Å². The Kier molecular flexibility index (Phi) is 6.04. The summed E-state index contributed by atoms with van der Waals surface area (Å²) in [6.45, 7) is 13.3. The van der Waals surface area contributed by atoms with Gasteiger partial charge in [0.1, 0.15) is 5.75 Å². The normalized spacial score (nSPS) is 19.3. The number of hydrogen-bond donors (Lipinski definition) is 0. The highest BCUT2D eigenvalue weighted by molar-refractivity contribution is 6.28. The first-order valence-electron chi connectivity index (χ1n) is 9.43. The Morgan fingerprint density at radius 1 is 1.22 bits per heavy atom. The minimum atomic E-state index is 0.222. The SMILES string of the molecule is COc1ccc(CN2CCN(C(C)(C)C)C[C@@H]2C)cc1-c1ccnc(Cl)n1. The highest BCUT2D eigenvalue weighted by Crippen LogP contribution is 2.31. The average Bonchev–Trinajstić information content (AvgIpc) is 2.62. The lowest BCUT2D eigenvalue weighted by atomic mass is 10.0. The second kappa shape index (κ2) is 8.13. The first kappa shape index (κ1) is 20.1. The molecule has 1 aliphatic rings. The summed E-state index contributed by atoms with van der Waals surface area (Å²) in [7, 11) is 1.68. The van der Waals surface area contributed by atoms with E-state index in [-0.39, 0.29) is 10.8 Å². The Hall–Kier alpha value is -1.69. The van der Waals surface area contributed by atoms with Gasteiger partial charge in [-0.15, -0.1) is 0 Å². The molecule has 146 valence electrons. The number of methoxy groups -OCH3 is 1. The number of halogens is 1. The zero-order chi connectivity index (χ0) is 19.6. The topological polar surface area (TPSA) is 41.5 Å². The fourth-order valence-corrected chi connectivity index (χ4v) is 3.76. The van der Waals surface area contributed by atoms with Gasteiger partial charge in [-0.3, -0.25) is 9.80 Å². The van der Waals surface area contributed by atoms with Crippen LogP contribution in [0.4, 0.5) is 0 Å². The molecule has 0 N–H and O–H groups in total. The minimum Gasteiger partial charge on any atom is -0.496 e. The van der Waals surface area contributed by atoms with Crippen LogP contribution < -0.4 is 4.74 Å². The van der Waals surface area contributed by atoms with Crippen LogP contribution in [0.1, 0.15) is 33.3 Å². The van der Waals surface area contributed by atoms with E-state index in [0.29, 0.717) is 6.04 Å². The van der Waals surface area contributed by atoms with Crippen molar-refractivity contribution in [1.82, 2.24) is 19.8 Å². The molecule has 1 saturated heterocycles. The number of nitrogens with zero attached hydrogens (tertiary/aromatic N) is 4. The fourth-order valence-electron chi connectivity index (χ4n) is 3.61. The predicted octanol–water partition coefficient (Wildman–Crippen LogP) is 4.11. The van der Waals surface area contributed by atoms with Crippen LogP contribution in [0, 0.1) is 0 Å². The number of ether oxygens (including phenoxy) is 1. The van der Waals surface area contributed by atoms with Gasteiger partial charge < -0.3 is 4.74 Å². The predicted molar refractivity (Wildman–Crippen MR) is 110 cm³/mol. The standard InChI is InChI=1S/C21H29ClN4O/c1-15-13-26(21(2,3)4)11-10-25(15)14-16-6-7-19(27-5)17(12-16)18-8-9-23-20(22)24-18/h6-9,12,15H,10-11,13-14H2,1-5H3/t15-/m0/s1. The van der Waals surface area contributed by atoms with Crippen molar-refractivity contribution in [3.63, 3.8) is 0 Å². The van der Waals surface area contributed by atoms with Gasteiger partial charge in [0.05, 0.1) is 12.8 Å². The maximum atomic E-state index is 5.98. The van der Waals surface area contributed by atoms with Crippen molar-refractivity contribution in [3.05, 3.63) is 41.3 Å². The molecule has 2 heterocycles. The van der Waals surface area contributed by atoms with Gasteiger partial charge in [0, 0.05) is 49.5 Å². The van der Waals surface area contributed by atoms with Crippen molar-refractivity contribution in [3.8, 4) is 17.0 Å². The van der Waals surface area contributed by atoms with E-state index in [9.17, 15) is 0 Å². The number of benzene rings is 1. The molecule has 3 rings (SSSR count). The Bertz CT molecular complexity index is 790. The van der Waals surface area contributed by atoms with Crippen LogP contribution in [-0.2, 0) is 6.54 Å². The molecule has 5 nitrogen and oxygen atoms in total. The molecule has 0 unspecified atom stereocenters. The molecule has 0 saturated carbocycles. The molecule has 0 radical (unpaired) electrons. The highest BCUT2D eigenvalue weighted by Gasteiger charge is 2.30. The number of piperazine rings is 1. The third-order valence-corrected chi connectivity index (χ3v) is 5.45. The van der Waals surface area contributed by atoms with Gasteiger partial charge in [-0.2, -0.15) is 0 Å². The molecule has 0 aliphatic carbocycles. The molecule has 1 aliphatic heterocycles. The Morgan fingerprint density at radius 3 is 2.63 bits per heavy atom. The van der Waals surface area contributed by atoms with E-state index in [1.165, 1.54) is 5.56 Å². The van der Waals surface area contributed by atoms with Crippen LogP contribution in [0.25, 0.3) is 11.3 Å². The molecule has 0 amide bonds. The molecule has 0 spiro atoms. The molecule has 1 aromatic heterocycles. The van der Waals surface area contributed by atoms with Crippen molar-refractivity contribution < 1.29 is 4.74 Å². The summed E-state index contributed by atoms with van der Waals surface area (Å²) >= 11 is 5.98. The van der Waals surface area contributed by atoms with Crippen molar-refractivity contribution in [2.45, 2.75) is 45.8 Å². The van der Waals surface area contributed by atoms with E-state index in [1.54, 1.807) is 13.3 Å². The van der Waals surface area contributed by atoms with Gasteiger partial charge in [0.2, 0.25) is 5.28 Å². The smallest absolute Gasteiger partial charge is 0.222 e. The highest BCUT2D eigenvalue weighted by atomic mass is 35.5. The summed E-state index contributed by atoms with van der Waals surface area (Å²) in [5.74, 6) is 0.791. The van der Waals surface area contributed by atoms with E-state index in [2.05, 4.69) is 59.6 Å². The molecule has 1 aromatic carbocycles. The van der Waals surface area contributed by atoms with Gasteiger partial charge in [-0.05, 0) is 63.1 Å². The van der Waals surface area contributed by atoms with Gasteiger partial charge in [0.15, 0.2) is 0 Å². The second-order valence-electron chi connectivity index (χ2n) is 8.18. The molecular weight excluding hydrogens is 360 g/mol. The van der Waals surface area contributed by atoms with E-state index >= 15 is 0 Å². The number of hydrogen-bond acceptors (Lipinski definition) is 5. The van der Waals surface area contributed by atoms with E-state index in [1.807, 2.05) is 12.1 Å².